The van der Waals surface area contributed by atoms with Crippen LogP contribution in [0.4, 0.5) is 0 Å². The lowest BCUT2D eigenvalue weighted by Gasteiger charge is -2.19. The third-order valence-electron chi connectivity index (χ3n) is 4.49. The first-order chi connectivity index (χ1) is 11.8. The minimum atomic E-state index is -0.128. The summed E-state index contributed by atoms with van der Waals surface area (Å²) in [7, 11) is 0. The van der Waals surface area contributed by atoms with Crippen LogP contribution < -0.4 is 10.1 Å². The number of rotatable bonds is 6. The lowest BCUT2D eigenvalue weighted by molar-refractivity contribution is -0.123. The van der Waals surface area contributed by atoms with Gasteiger partial charge in [0.2, 0.25) is 0 Å². The summed E-state index contributed by atoms with van der Waals surface area (Å²) < 4.78 is 6.52. The normalized spacial score (nSPS) is 11.9. The topological polar surface area (TPSA) is 38.3 Å². The van der Waals surface area contributed by atoms with Gasteiger partial charge in [0.05, 0.1) is 10.5 Å². The second kappa shape index (κ2) is 8.52. The first-order valence-electron chi connectivity index (χ1n) is 8.60. The number of hydrogen-bond donors (Lipinski definition) is 1. The Morgan fingerprint density at radius 3 is 2.44 bits per heavy atom. The number of aryl methyl sites for hydroxylation is 4. The number of carbonyl (C=O) groups is 1. The lowest BCUT2D eigenvalue weighted by Crippen LogP contribution is -2.31. The molecule has 0 aliphatic carbocycles. The van der Waals surface area contributed by atoms with Crippen molar-refractivity contribution in [2.24, 2.45) is 0 Å². The predicted molar refractivity (Wildman–Crippen MR) is 106 cm³/mol. The Kier molecular flexibility index (Phi) is 6.65. The van der Waals surface area contributed by atoms with E-state index in [4.69, 9.17) is 4.74 Å². The molecule has 2 aromatic rings. The van der Waals surface area contributed by atoms with Gasteiger partial charge >= 0.3 is 0 Å². The summed E-state index contributed by atoms with van der Waals surface area (Å²) >= 11 is 3.49. The molecule has 1 amide bonds. The maximum Gasteiger partial charge on any atom is 0.258 e. The number of carbonyl (C=O) groups excluding carboxylic acids is 1. The van der Waals surface area contributed by atoms with E-state index in [1.165, 1.54) is 22.3 Å². The monoisotopic (exact) mass is 403 g/mol. The molecule has 0 saturated carbocycles. The van der Waals surface area contributed by atoms with Gasteiger partial charge in [-0.25, -0.2) is 0 Å². The molecule has 25 heavy (non-hydrogen) atoms. The van der Waals surface area contributed by atoms with Gasteiger partial charge in [-0.15, -0.1) is 0 Å². The molecule has 0 spiro atoms. The third kappa shape index (κ3) is 5.08. The van der Waals surface area contributed by atoms with E-state index in [0.717, 1.165) is 16.5 Å². The molecule has 0 heterocycles. The van der Waals surface area contributed by atoms with Crippen molar-refractivity contribution in [1.82, 2.24) is 5.32 Å². The molecule has 2 aromatic carbocycles. The third-order valence-corrected chi connectivity index (χ3v) is 5.11. The van der Waals surface area contributed by atoms with Crippen LogP contribution >= 0.6 is 15.9 Å². The fourth-order valence-electron chi connectivity index (χ4n) is 2.83. The number of ether oxygens (including phenoxy) is 1. The molecule has 0 aromatic heterocycles. The van der Waals surface area contributed by atoms with Crippen LogP contribution in [0.25, 0.3) is 0 Å². The smallest absolute Gasteiger partial charge is 0.258 e. The molecule has 1 unspecified atom stereocenters. The SMILES string of the molecule is CCc1ccc(OCC(=O)NC(C)c2cc(C)c(C)cc2C)c(Br)c1. The van der Waals surface area contributed by atoms with Gasteiger partial charge < -0.3 is 10.1 Å². The van der Waals surface area contributed by atoms with Crippen LogP contribution in [-0.4, -0.2) is 12.5 Å². The fourth-order valence-corrected chi connectivity index (χ4v) is 3.38. The Morgan fingerprint density at radius 2 is 1.80 bits per heavy atom. The van der Waals surface area contributed by atoms with Gasteiger partial charge in [-0.3, -0.25) is 4.79 Å². The van der Waals surface area contributed by atoms with E-state index < -0.39 is 0 Å². The second-order valence-corrected chi connectivity index (χ2v) is 7.34. The number of nitrogens with one attached hydrogen (secondary N) is 1. The highest BCUT2D eigenvalue weighted by molar-refractivity contribution is 9.10. The van der Waals surface area contributed by atoms with Crippen LogP contribution in [0.5, 0.6) is 5.75 Å². The van der Waals surface area contributed by atoms with Crippen molar-refractivity contribution in [2.75, 3.05) is 6.61 Å². The van der Waals surface area contributed by atoms with Crippen LogP contribution in [0, 0.1) is 20.8 Å². The summed E-state index contributed by atoms with van der Waals surface area (Å²) in [6.07, 6.45) is 0.964. The van der Waals surface area contributed by atoms with E-state index in [1.54, 1.807) is 0 Å². The Bertz CT molecular complexity index is 771. The molecule has 0 radical (unpaired) electrons. The van der Waals surface area contributed by atoms with E-state index in [2.05, 4.69) is 61.1 Å². The average molecular weight is 404 g/mol. The standard InChI is InChI=1S/C21H26BrNO2/c1-6-17-7-8-20(19(22)11-17)25-12-21(24)23-16(5)18-10-14(3)13(2)9-15(18)4/h7-11,16H,6,12H2,1-5H3,(H,23,24). The van der Waals surface area contributed by atoms with E-state index in [0.29, 0.717) is 5.75 Å². The summed E-state index contributed by atoms with van der Waals surface area (Å²) in [5, 5.41) is 3.02. The van der Waals surface area contributed by atoms with Gasteiger partial charge in [0, 0.05) is 0 Å². The van der Waals surface area contributed by atoms with Gasteiger partial charge in [-0.2, -0.15) is 0 Å². The van der Waals surface area contributed by atoms with Crippen LogP contribution in [0.3, 0.4) is 0 Å². The quantitative estimate of drug-likeness (QED) is 0.719. The minimum absolute atomic E-state index is 0.00168. The van der Waals surface area contributed by atoms with Crippen LogP contribution in [0.2, 0.25) is 0 Å². The zero-order valence-corrected chi connectivity index (χ0v) is 17.2. The number of hydrogen-bond acceptors (Lipinski definition) is 2. The van der Waals surface area contributed by atoms with Gasteiger partial charge in [0.1, 0.15) is 5.75 Å². The van der Waals surface area contributed by atoms with Crippen molar-refractivity contribution in [2.45, 2.75) is 47.1 Å². The molecule has 2 rings (SSSR count). The van der Waals surface area contributed by atoms with E-state index >= 15 is 0 Å². The van der Waals surface area contributed by atoms with Gasteiger partial charge in [0.15, 0.2) is 6.61 Å². The lowest BCUT2D eigenvalue weighted by atomic mass is 9.96. The summed E-state index contributed by atoms with van der Waals surface area (Å²) in [4.78, 5) is 12.2. The molecule has 0 aliphatic heterocycles. The molecule has 4 heteroatoms. The van der Waals surface area contributed by atoms with Gasteiger partial charge in [0.25, 0.3) is 5.91 Å². The Hall–Kier alpha value is -1.81. The summed E-state index contributed by atoms with van der Waals surface area (Å²) in [6, 6.07) is 10.2. The van der Waals surface area contributed by atoms with Crippen molar-refractivity contribution in [3.05, 3.63) is 62.6 Å². The van der Waals surface area contributed by atoms with E-state index in [9.17, 15) is 4.79 Å². The highest BCUT2D eigenvalue weighted by Gasteiger charge is 2.14. The molecular formula is C21H26BrNO2. The zero-order chi connectivity index (χ0) is 18.6. The van der Waals surface area contributed by atoms with Gasteiger partial charge in [-0.05, 0) is 90.0 Å². The van der Waals surface area contributed by atoms with Crippen LogP contribution in [0.15, 0.2) is 34.8 Å². The summed E-state index contributed by atoms with van der Waals surface area (Å²) in [6.45, 7) is 10.4. The molecule has 1 N–H and O–H groups in total. The maximum absolute atomic E-state index is 12.2. The number of amides is 1. The minimum Gasteiger partial charge on any atom is -0.483 e. The molecule has 0 bridgehead atoms. The highest BCUT2D eigenvalue weighted by atomic mass is 79.9. The molecule has 0 saturated heterocycles. The van der Waals surface area contributed by atoms with Crippen molar-refractivity contribution < 1.29 is 9.53 Å². The summed E-state index contributed by atoms with van der Waals surface area (Å²) in [5.74, 6) is 0.555. The first kappa shape index (κ1) is 19.5. The molecular weight excluding hydrogens is 378 g/mol. The molecule has 134 valence electrons. The number of halogens is 1. The highest BCUT2D eigenvalue weighted by Crippen LogP contribution is 2.26. The maximum atomic E-state index is 12.2. The van der Waals surface area contributed by atoms with Crippen LogP contribution in [-0.2, 0) is 11.2 Å². The van der Waals surface area contributed by atoms with Crippen molar-refractivity contribution >= 4 is 21.8 Å². The van der Waals surface area contributed by atoms with Crippen molar-refractivity contribution in [3.8, 4) is 5.75 Å². The predicted octanol–water partition coefficient (Wildman–Crippen LogP) is 5.19. The average Bonchev–Trinajstić information content (AvgIpc) is 2.56. The van der Waals surface area contributed by atoms with E-state index in [-0.39, 0.29) is 18.6 Å². The summed E-state index contributed by atoms with van der Waals surface area (Å²) in [5.41, 5.74) is 6.06. The number of benzene rings is 2. The first-order valence-corrected chi connectivity index (χ1v) is 9.39. The van der Waals surface area contributed by atoms with Gasteiger partial charge in [-0.1, -0.05) is 25.1 Å². The Labute approximate surface area is 158 Å². The van der Waals surface area contributed by atoms with Crippen LogP contribution in [0.1, 0.15) is 47.7 Å². The molecule has 1 atom stereocenters. The Morgan fingerprint density at radius 1 is 1.12 bits per heavy atom. The molecule has 3 nitrogen and oxygen atoms in total. The Balaban J connectivity index is 1.97. The fraction of sp³-hybridized carbons (Fsp3) is 0.381. The van der Waals surface area contributed by atoms with E-state index in [1.807, 2.05) is 25.1 Å². The van der Waals surface area contributed by atoms with Crippen molar-refractivity contribution in [1.29, 1.82) is 0 Å². The largest absolute Gasteiger partial charge is 0.483 e. The van der Waals surface area contributed by atoms with Crippen molar-refractivity contribution in [3.63, 3.8) is 0 Å². The molecule has 0 aliphatic rings. The molecule has 0 fully saturated rings. The zero-order valence-electron chi connectivity index (χ0n) is 15.6. The second-order valence-electron chi connectivity index (χ2n) is 6.49.